The number of hydrogen-bond acceptors (Lipinski definition) is 3. The maximum Gasteiger partial charge on any atom is 0.344 e. The van der Waals surface area contributed by atoms with E-state index in [1.807, 2.05) is 57.2 Å². The van der Waals surface area contributed by atoms with Gasteiger partial charge in [0.2, 0.25) is 5.88 Å². The van der Waals surface area contributed by atoms with Crippen LogP contribution in [-0.2, 0) is 0 Å². The summed E-state index contributed by atoms with van der Waals surface area (Å²) in [6.07, 6.45) is 0. The highest BCUT2D eigenvalue weighted by Crippen LogP contribution is 2.26. The summed E-state index contributed by atoms with van der Waals surface area (Å²) < 4.78 is 7.31. The van der Waals surface area contributed by atoms with Gasteiger partial charge in [0.25, 0.3) is 0 Å². The van der Waals surface area contributed by atoms with Gasteiger partial charge in [-0.25, -0.2) is 9.48 Å². The maximum atomic E-state index is 12.5. The Balaban J connectivity index is 1.89. The molecule has 4 nitrogen and oxygen atoms in total. The monoisotopic (exact) mass is 354 g/mol. The van der Waals surface area contributed by atoms with Gasteiger partial charge in [-0.05, 0) is 50.6 Å². The molecule has 0 amide bonds. The Morgan fingerprint density at radius 1 is 1.12 bits per heavy atom. The van der Waals surface area contributed by atoms with E-state index in [-0.39, 0.29) is 6.04 Å². The van der Waals surface area contributed by atoms with Crippen LogP contribution in [0.3, 0.4) is 0 Å². The molecule has 25 heavy (non-hydrogen) atoms. The number of aryl methyl sites for hydroxylation is 2. The normalized spacial score (nSPS) is 12.0. The minimum absolute atomic E-state index is 0.118. The standard InChI is InChI=1S/C20H19ClN2O2/c1-13-6-4-8-17(10-13)20(24)25-19-11-14(2)22-23(19)15(3)16-7-5-9-18(21)12-16/h4-12,15H,1-3H3. The summed E-state index contributed by atoms with van der Waals surface area (Å²) >= 11 is 6.09. The third-order valence-electron chi connectivity index (χ3n) is 3.97. The molecule has 128 valence electrons. The number of rotatable bonds is 4. The summed E-state index contributed by atoms with van der Waals surface area (Å²) in [4.78, 5) is 12.5. The van der Waals surface area contributed by atoms with Crippen LogP contribution < -0.4 is 4.74 Å². The van der Waals surface area contributed by atoms with E-state index in [4.69, 9.17) is 16.3 Å². The maximum absolute atomic E-state index is 12.5. The molecule has 0 aliphatic carbocycles. The van der Waals surface area contributed by atoms with Crippen LogP contribution in [0.1, 0.15) is 40.1 Å². The second-order valence-electron chi connectivity index (χ2n) is 6.06. The van der Waals surface area contributed by atoms with Gasteiger partial charge in [-0.15, -0.1) is 0 Å². The average Bonchev–Trinajstić information content (AvgIpc) is 2.94. The Morgan fingerprint density at radius 3 is 2.60 bits per heavy atom. The number of carbonyl (C=O) groups excluding carboxylic acids is 1. The number of ether oxygens (including phenoxy) is 1. The topological polar surface area (TPSA) is 44.1 Å². The van der Waals surface area contributed by atoms with Crippen molar-refractivity contribution < 1.29 is 9.53 Å². The van der Waals surface area contributed by atoms with Crippen LogP contribution in [0.5, 0.6) is 5.88 Å². The van der Waals surface area contributed by atoms with Gasteiger partial charge in [-0.2, -0.15) is 5.10 Å². The SMILES string of the molecule is Cc1cccc(C(=O)Oc2cc(C)nn2C(C)c2cccc(Cl)c2)c1. The molecular formula is C20H19ClN2O2. The zero-order chi connectivity index (χ0) is 18.0. The quantitative estimate of drug-likeness (QED) is 0.620. The highest BCUT2D eigenvalue weighted by atomic mass is 35.5. The van der Waals surface area contributed by atoms with E-state index in [1.165, 1.54) is 0 Å². The smallest absolute Gasteiger partial charge is 0.344 e. The van der Waals surface area contributed by atoms with Gasteiger partial charge >= 0.3 is 5.97 Å². The lowest BCUT2D eigenvalue weighted by Gasteiger charge is -2.16. The summed E-state index contributed by atoms with van der Waals surface area (Å²) in [5, 5.41) is 5.14. The molecule has 0 spiro atoms. The number of benzene rings is 2. The van der Waals surface area contributed by atoms with Gasteiger partial charge in [0, 0.05) is 11.1 Å². The van der Waals surface area contributed by atoms with Gasteiger partial charge in [-0.1, -0.05) is 41.4 Å². The average molecular weight is 355 g/mol. The van der Waals surface area contributed by atoms with Crippen molar-refractivity contribution in [2.24, 2.45) is 0 Å². The first-order valence-electron chi connectivity index (χ1n) is 8.04. The summed E-state index contributed by atoms with van der Waals surface area (Å²) in [5.41, 5.74) is 3.29. The third kappa shape index (κ3) is 3.91. The fraction of sp³-hybridized carbons (Fsp3) is 0.200. The first kappa shape index (κ1) is 17.2. The predicted octanol–water partition coefficient (Wildman–Crippen LogP) is 4.98. The lowest BCUT2D eigenvalue weighted by atomic mass is 10.1. The molecule has 0 radical (unpaired) electrons. The minimum Gasteiger partial charge on any atom is -0.404 e. The number of hydrogen-bond donors (Lipinski definition) is 0. The predicted molar refractivity (Wildman–Crippen MR) is 98.4 cm³/mol. The van der Waals surface area contributed by atoms with Crippen LogP contribution in [0.2, 0.25) is 5.02 Å². The number of nitrogens with zero attached hydrogens (tertiary/aromatic N) is 2. The van der Waals surface area contributed by atoms with Gasteiger partial charge < -0.3 is 4.74 Å². The highest BCUT2D eigenvalue weighted by molar-refractivity contribution is 6.30. The summed E-state index contributed by atoms with van der Waals surface area (Å²) in [6.45, 7) is 5.79. The minimum atomic E-state index is -0.400. The number of aromatic nitrogens is 2. The van der Waals surface area contributed by atoms with Crippen molar-refractivity contribution >= 4 is 17.6 Å². The summed E-state index contributed by atoms with van der Waals surface area (Å²) in [6, 6.07) is 16.5. The van der Waals surface area contributed by atoms with E-state index in [9.17, 15) is 4.79 Å². The van der Waals surface area contributed by atoms with Crippen LogP contribution in [0, 0.1) is 13.8 Å². The largest absolute Gasteiger partial charge is 0.404 e. The first-order valence-corrected chi connectivity index (χ1v) is 8.42. The molecule has 0 aliphatic heterocycles. The Labute approximate surface area is 152 Å². The molecule has 0 saturated carbocycles. The molecule has 1 heterocycles. The van der Waals surface area contributed by atoms with Gasteiger partial charge in [0.15, 0.2) is 0 Å². The molecule has 3 aromatic rings. The molecule has 5 heteroatoms. The molecule has 0 fully saturated rings. The molecular weight excluding hydrogens is 336 g/mol. The van der Waals surface area contributed by atoms with Crippen molar-refractivity contribution in [3.63, 3.8) is 0 Å². The van der Waals surface area contributed by atoms with Crippen LogP contribution in [-0.4, -0.2) is 15.7 Å². The van der Waals surface area contributed by atoms with E-state index in [0.29, 0.717) is 16.5 Å². The lowest BCUT2D eigenvalue weighted by Crippen LogP contribution is -2.15. The van der Waals surface area contributed by atoms with Crippen molar-refractivity contribution in [2.75, 3.05) is 0 Å². The van der Waals surface area contributed by atoms with Gasteiger partial charge in [0.1, 0.15) is 0 Å². The zero-order valence-electron chi connectivity index (χ0n) is 14.4. The molecule has 1 atom stereocenters. The van der Waals surface area contributed by atoms with Crippen molar-refractivity contribution in [2.45, 2.75) is 26.8 Å². The Bertz CT molecular complexity index is 918. The molecule has 2 aromatic carbocycles. The van der Waals surface area contributed by atoms with E-state index in [0.717, 1.165) is 16.8 Å². The van der Waals surface area contributed by atoms with E-state index in [1.54, 1.807) is 22.9 Å². The second-order valence-corrected chi connectivity index (χ2v) is 6.49. The van der Waals surface area contributed by atoms with Crippen molar-refractivity contribution in [1.82, 2.24) is 9.78 Å². The Hall–Kier alpha value is -2.59. The van der Waals surface area contributed by atoms with E-state index < -0.39 is 5.97 Å². The Kier molecular flexibility index (Phi) is 4.91. The fourth-order valence-corrected chi connectivity index (χ4v) is 2.88. The summed E-state index contributed by atoms with van der Waals surface area (Å²) in [5.74, 6) is 0.0135. The molecule has 3 rings (SSSR count). The van der Waals surface area contributed by atoms with Gasteiger partial charge in [0.05, 0.1) is 17.3 Å². The van der Waals surface area contributed by atoms with Crippen LogP contribution >= 0.6 is 11.6 Å². The van der Waals surface area contributed by atoms with Crippen LogP contribution in [0.4, 0.5) is 0 Å². The van der Waals surface area contributed by atoms with Crippen molar-refractivity contribution in [3.05, 3.63) is 82.0 Å². The molecule has 0 aliphatic rings. The number of halogens is 1. The zero-order valence-corrected chi connectivity index (χ0v) is 15.1. The van der Waals surface area contributed by atoms with Crippen molar-refractivity contribution in [3.8, 4) is 5.88 Å². The first-order chi connectivity index (χ1) is 11.9. The molecule has 0 bridgehead atoms. The molecule has 0 N–H and O–H groups in total. The molecule has 1 unspecified atom stereocenters. The number of carbonyl (C=O) groups is 1. The fourth-order valence-electron chi connectivity index (χ4n) is 2.68. The van der Waals surface area contributed by atoms with E-state index in [2.05, 4.69) is 5.10 Å². The molecule has 0 saturated heterocycles. The van der Waals surface area contributed by atoms with Crippen LogP contribution in [0.25, 0.3) is 0 Å². The van der Waals surface area contributed by atoms with Crippen LogP contribution in [0.15, 0.2) is 54.6 Å². The molecule has 1 aromatic heterocycles. The van der Waals surface area contributed by atoms with Crippen molar-refractivity contribution in [1.29, 1.82) is 0 Å². The Morgan fingerprint density at radius 2 is 1.88 bits per heavy atom. The summed E-state index contributed by atoms with van der Waals surface area (Å²) in [7, 11) is 0. The second kappa shape index (κ2) is 7.11. The van der Waals surface area contributed by atoms with Gasteiger partial charge in [-0.3, -0.25) is 0 Å². The highest BCUT2D eigenvalue weighted by Gasteiger charge is 2.18. The van der Waals surface area contributed by atoms with E-state index >= 15 is 0 Å². The lowest BCUT2D eigenvalue weighted by molar-refractivity contribution is 0.0716. The third-order valence-corrected chi connectivity index (χ3v) is 4.21. The number of esters is 1.